The third-order valence-corrected chi connectivity index (χ3v) is 4.39. The first kappa shape index (κ1) is 15.4. The summed E-state index contributed by atoms with van der Waals surface area (Å²) in [6.45, 7) is 0.733. The van der Waals surface area contributed by atoms with E-state index in [1.807, 2.05) is 4.57 Å². The van der Waals surface area contributed by atoms with Gasteiger partial charge < -0.3 is 15.8 Å². The van der Waals surface area contributed by atoms with Crippen molar-refractivity contribution in [2.45, 2.75) is 19.1 Å². The van der Waals surface area contributed by atoms with Gasteiger partial charge in [0.1, 0.15) is 6.23 Å². The lowest BCUT2D eigenvalue weighted by Gasteiger charge is -2.12. The predicted octanol–water partition coefficient (Wildman–Crippen LogP) is 3.77. The monoisotopic (exact) mass is 364 g/mol. The summed E-state index contributed by atoms with van der Waals surface area (Å²) in [5.74, 6) is 0.633. The van der Waals surface area contributed by atoms with E-state index in [1.165, 1.54) is 0 Å². The van der Waals surface area contributed by atoms with Crippen LogP contribution < -0.4 is 11.1 Å². The van der Waals surface area contributed by atoms with Gasteiger partial charge in [-0.25, -0.2) is 4.98 Å². The Morgan fingerprint density at radius 3 is 2.92 bits per heavy atom. The molecule has 1 unspecified atom stereocenters. The Bertz CT molecular complexity index is 906. The zero-order chi connectivity index (χ0) is 16.7. The summed E-state index contributed by atoms with van der Waals surface area (Å²) in [4.78, 5) is 13.0. The van der Waals surface area contributed by atoms with Crippen LogP contribution in [0.5, 0.6) is 0 Å². The SMILES string of the molecule is Nc1nc(Nc2ccc(Cl)cc2Cl)c2ncn(C3CCCO3)c2n1. The Morgan fingerprint density at radius 1 is 1.29 bits per heavy atom. The highest BCUT2D eigenvalue weighted by atomic mass is 35.5. The average molecular weight is 365 g/mol. The van der Waals surface area contributed by atoms with E-state index in [9.17, 15) is 0 Å². The van der Waals surface area contributed by atoms with Crippen LogP contribution in [0.1, 0.15) is 19.1 Å². The molecule has 0 aliphatic carbocycles. The highest BCUT2D eigenvalue weighted by molar-refractivity contribution is 6.36. The van der Waals surface area contributed by atoms with E-state index in [1.54, 1.807) is 24.5 Å². The molecule has 1 fully saturated rings. The van der Waals surface area contributed by atoms with Gasteiger partial charge in [0.05, 0.1) is 17.0 Å². The van der Waals surface area contributed by atoms with Crippen LogP contribution in [0.2, 0.25) is 10.0 Å². The number of rotatable bonds is 3. The normalized spacial score (nSPS) is 17.5. The number of aromatic nitrogens is 4. The smallest absolute Gasteiger partial charge is 0.224 e. The fraction of sp³-hybridized carbons (Fsp3) is 0.267. The molecule has 0 amide bonds. The van der Waals surface area contributed by atoms with Crippen LogP contribution >= 0.6 is 23.2 Å². The van der Waals surface area contributed by atoms with Crippen molar-refractivity contribution >= 4 is 51.8 Å². The number of nitrogen functional groups attached to an aromatic ring is 1. The number of nitrogens with one attached hydrogen (secondary N) is 1. The summed E-state index contributed by atoms with van der Waals surface area (Å²) in [5.41, 5.74) is 7.76. The molecule has 7 nitrogen and oxygen atoms in total. The van der Waals surface area contributed by atoms with Gasteiger partial charge in [0, 0.05) is 11.6 Å². The second-order valence-electron chi connectivity index (χ2n) is 5.47. The van der Waals surface area contributed by atoms with Gasteiger partial charge in [-0.05, 0) is 31.0 Å². The van der Waals surface area contributed by atoms with Gasteiger partial charge in [-0.15, -0.1) is 0 Å². The van der Waals surface area contributed by atoms with Gasteiger partial charge in [-0.3, -0.25) is 4.57 Å². The van der Waals surface area contributed by atoms with Crippen molar-refractivity contribution in [3.05, 3.63) is 34.6 Å². The number of nitrogens with two attached hydrogens (primary N) is 1. The molecule has 3 heterocycles. The molecule has 3 aromatic rings. The first-order valence-corrected chi connectivity index (χ1v) is 8.21. The molecule has 0 radical (unpaired) electrons. The van der Waals surface area contributed by atoms with E-state index < -0.39 is 0 Å². The molecule has 9 heteroatoms. The first-order valence-electron chi connectivity index (χ1n) is 7.45. The second-order valence-corrected chi connectivity index (χ2v) is 6.31. The molecule has 1 atom stereocenters. The van der Waals surface area contributed by atoms with Gasteiger partial charge in [0.25, 0.3) is 0 Å². The molecule has 0 saturated carbocycles. The van der Waals surface area contributed by atoms with Crippen LogP contribution in [-0.4, -0.2) is 26.1 Å². The van der Waals surface area contributed by atoms with Crippen molar-refractivity contribution in [2.24, 2.45) is 0 Å². The molecule has 3 N–H and O–H groups in total. The van der Waals surface area contributed by atoms with Gasteiger partial charge in [0.2, 0.25) is 5.95 Å². The molecule has 4 rings (SSSR count). The van der Waals surface area contributed by atoms with E-state index in [0.29, 0.717) is 32.7 Å². The van der Waals surface area contributed by atoms with Crippen LogP contribution in [-0.2, 0) is 4.74 Å². The minimum absolute atomic E-state index is 0.0729. The molecule has 1 saturated heterocycles. The van der Waals surface area contributed by atoms with Crippen LogP contribution in [0.4, 0.5) is 17.5 Å². The number of hydrogen-bond donors (Lipinski definition) is 2. The van der Waals surface area contributed by atoms with E-state index in [0.717, 1.165) is 19.4 Å². The van der Waals surface area contributed by atoms with Crippen LogP contribution in [0.15, 0.2) is 24.5 Å². The fourth-order valence-corrected chi connectivity index (χ4v) is 3.19. The Labute approximate surface area is 147 Å². The summed E-state index contributed by atoms with van der Waals surface area (Å²) >= 11 is 12.1. The molecule has 0 spiro atoms. The van der Waals surface area contributed by atoms with Crippen molar-refractivity contribution in [3.63, 3.8) is 0 Å². The highest BCUT2D eigenvalue weighted by Gasteiger charge is 2.22. The fourth-order valence-electron chi connectivity index (χ4n) is 2.73. The van der Waals surface area contributed by atoms with Crippen molar-refractivity contribution in [1.82, 2.24) is 19.5 Å². The summed E-state index contributed by atoms with van der Waals surface area (Å²) in [6, 6.07) is 5.16. The number of halogens is 2. The average Bonchev–Trinajstić information content (AvgIpc) is 3.18. The third kappa shape index (κ3) is 2.75. The van der Waals surface area contributed by atoms with Crippen molar-refractivity contribution in [1.29, 1.82) is 0 Å². The summed E-state index contributed by atoms with van der Waals surface area (Å²) in [6.07, 6.45) is 3.55. The maximum atomic E-state index is 6.21. The zero-order valence-corrected chi connectivity index (χ0v) is 14.1. The number of hydrogen-bond acceptors (Lipinski definition) is 6. The van der Waals surface area contributed by atoms with Crippen molar-refractivity contribution in [3.8, 4) is 0 Å². The lowest BCUT2D eigenvalue weighted by atomic mass is 10.3. The van der Waals surface area contributed by atoms with Gasteiger partial charge >= 0.3 is 0 Å². The molecule has 0 bridgehead atoms. The number of nitrogens with zero attached hydrogens (tertiary/aromatic N) is 4. The zero-order valence-electron chi connectivity index (χ0n) is 12.5. The quantitative estimate of drug-likeness (QED) is 0.734. The Hall–Kier alpha value is -2.09. The third-order valence-electron chi connectivity index (χ3n) is 3.84. The topological polar surface area (TPSA) is 90.9 Å². The number of benzene rings is 1. The number of ether oxygens (including phenoxy) is 1. The second kappa shape index (κ2) is 6.08. The molecular formula is C15H14Cl2N6O. The van der Waals surface area contributed by atoms with E-state index >= 15 is 0 Å². The molecular weight excluding hydrogens is 351 g/mol. The van der Waals surface area contributed by atoms with E-state index in [2.05, 4.69) is 20.3 Å². The molecule has 124 valence electrons. The summed E-state index contributed by atoms with van der Waals surface area (Å²) in [5, 5.41) is 4.18. The van der Waals surface area contributed by atoms with Crippen molar-refractivity contribution < 1.29 is 4.74 Å². The molecule has 1 aliphatic rings. The summed E-state index contributed by atoms with van der Waals surface area (Å²) in [7, 11) is 0. The Balaban J connectivity index is 1.77. The lowest BCUT2D eigenvalue weighted by Crippen LogP contribution is -2.08. The highest BCUT2D eigenvalue weighted by Crippen LogP contribution is 2.32. The standard InChI is InChI=1S/C15H14Cl2N6O/c16-8-3-4-10(9(17)6-8)20-13-12-14(22-15(18)21-13)23(7-19-12)11-2-1-5-24-11/h3-4,6-7,11H,1-2,5H2,(H3,18,20,21,22). The number of fused-ring (bicyclic) bond motifs is 1. The summed E-state index contributed by atoms with van der Waals surface area (Å²) < 4.78 is 7.59. The van der Waals surface area contributed by atoms with E-state index in [4.69, 9.17) is 33.7 Å². The molecule has 24 heavy (non-hydrogen) atoms. The minimum Gasteiger partial charge on any atom is -0.368 e. The van der Waals surface area contributed by atoms with Crippen LogP contribution in [0, 0.1) is 0 Å². The maximum Gasteiger partial charge on any atom is 0.224 e. The van der Waals surface area contributed by atoms with E-state index in [-0.39, 0.29) is 12.2 Å². The predicted molar refractivity (Wildman–Crippen MR) is 93.7 cm³/mol. The molecule has 2 aromatic heterocycles. The van der Waals surface area contributed by atoms with Crippen LogP contribution in [0.25, 0.3) is 11.2 Å². The van der Waals surface area contributed by atoms with Gasteiger partial charge in [-0.1, -0.05) is 23.2 Å². The number of imidazole rings is 1. The Morgan fingerprint density at radius 2 is 2.17 bits per heavy atom. The minimum atomic E-state index is -0.0729. The lowest BCUT2D eigenvalue weighted by molar-refractivity contribution is 0.0593. The Kier molecular flexibility index (Phi) is 3.91. The first-order chi connectivity index (χ1) is 11.6. The molecule has 1 aromatic carbocycles. The van der Waals surface area contributed by atoms with Crippen LogP contribution in [0.3, 0.4) is 0 Å². The molecule has 1 aliphatic heterocycles. The number of anilines is 3. The maximum absolute atomic E-state index is 6.21. The van der Waals surface area contributed by atoms with Gasteiger partial charge in [-0.2, -0.15) is 9.97 Å². The van der Waals surface area contributed by atoms with Crippen molar-refractivity contribution in [2.75, 3.05) is 17.7 Å². The largest absolute Gasteiger partial charge is 0.368 e. The van der Waals surface area contributed by atoms with Gasteiger partial charge in [0.15, 0.2) is 17.0 Å².